The molecule has 1 heterocycles. The molecule has 0 bridgehead atoms. The van der Waals surface area contributed by atoms with Gasteiger partial charge in [-0.05, 0) is 26.7 Å². The highest BCUT2D eigenvalue weighted by Crippen LogP contribution is 2.33. The van der Waals surface area contributed by atoms with E-state index in [-0.39, 0.29) is 0 Å². The number of nitrogens with two attached hydrogens (primary N) is 1. The number of likely N-dealkylation sites (tertiary alicyclic amines) is 1. The summed E-state index contributed by atoms with van der Waals surface area (Å²) in [6.45, 7) is 6.36. The van der Waals surface area contributed by atoms with Crippen molar-refractivity contribution < 1.29 is 4.74 Å². The zero-order valence-electron chi connectivity index (χ0n) is 8.57. The van der Waals surface area contributed by atoms with Gasteiger partial charge in [-0.1, -0.05) is 0 Å². The molecule has 2 fully saturated rings. The minimum Gasteiger partial charge on any atom is -0.377 e. The molecule has 0 aromatic heterocycles. The summed E-state index contributed by atoms with van der Waals surface area (Å²) in [7, 11) is 0. The van der Waals surface area contributed by atoms with Gasteiger partial charge in [0.25, 0.3) is 0 Å². The number of hydrogen-bond acceptors (Lipinski definition) is 3. The van der Waals surface area contributed by atoms with Crippen molar-refractivity contribution in [3.63, 3.8) is 0 Å². The van der Waals surface area contributed by atoms with Gasteiger partial charge in [0.1, 0.15) is 0 Å². The maximum atomic E-state index is 5.99. The highest BCUT2D eigenvalue weighted by molar-refractivity contribution is 5.04. The normalized spacial score (nSPS) is 45.5. The van der Waals surface area contributed by atoms with Crippen LogP contribution < -0.4 is 5.73 Å². The van der Waals surface area contributed by atoms with E-state index in [4.69, 9.17) is 10.5 Å². The minimum atomic E-state index is 0.347. The molecule has 0 amide bonds. The molecule has 0 aromatic carbocycles. The van der Waals surface area contributed by atoms with Crippen LogP contribution in [0.5, 0.6) is 0 Å². The Balaban J connectivity index is 1.88. The molecule has 1 aliphatic heterocycles. The molecule has 3 heteroatoms. The van der Waals surface area contributed by atoms with Crippen LogP contribution in [-0.4, -0.2) is 42.3 Å². The molecule has 2 N–H and O–H groups in total. The summed E-state index contributed by atoms with van der Waals surface area (Å²) in [4.78, 5) is 2.49. The second-order valence-corrected chi connectivity index (χ2v) is 4.26. The van der Waals surface area contributed by atoms with E-state index in [9.17, 15) is 0 Å². The van der Waals surface area contributed by atoms with E-state index in [1.54, 1.807) is 0 Å². The summed E-state index contributed by atoms with van der Waals surface area (Å²) in [5, 5.41) is 0. The van der Waals surface area contributed by atoms with Crippen LogP contribution in [0, 0.1) is 0 Å². The van der Waals surface area contributed by atoms with Crippen molar-refractivity contribution in [2.24, 2.45) is 5.73 Å². The van der Waals surface area contributed by atoms with E-state index in [0.717, 1.165) is 19.1 Å². The van der Waals surface area contributed by atoms with Crippen LogP contribution in [-0.2, 0) is 4.74 Å². The summed E-state index contributed by atoms with van der Waals surface area (Å²) in [5.41, 5.74) is 5.99. The molecule has 1 aliphatic carbocycles. The van der Waals surface area contributed by atoms with Crippen LogP contribution in [0.4, 0.5) is 0 Å². The predicted molar refractivity (Wildman–Crippen MR) is 52.6 cm³/mol. The molecule has 3 nitrogen and oxygen atoms in total. The molecule has 13 heavy (non-hydrogen) atoms. The topological polar surface area (TPSA) is 38.5 Å². The lowest BCUT2D eigenvalue weighted by Crippen LogP contribution is -2.69. The Labute approximate surface area is 80.2 Å². The highest BCUT2D eigenvalue weighted by atomic mass is 16.5. The van der Waals surface area contributed by atoms with Crippen LogP contribution >= 0.6 is 0 Å². The Morgan fingerprint density at radius 1 is 1.54 bits per heavy atom. The maximum absolute atomic E-state index is 5.99. The van der Waals surface area contributed by atoms with Crippen LogP contribution in [0.25, 0.3) is 0 Å². The molecule has 76 valence electrons. The third-order valence-corrected chi connectivity index (χ3v) is 3.46. The third-order valence-electron chi connectivity index (χ3n) is 3.46. The Kier molecular flexibility index (Phi) is 2.58. The monoisotopic (exact) mass is 184 g/mol. The standard InChI is InChI=1S/C10H20N2O/c1-3-13-9-6-8(11)10(9)12-5-4-7(12)2/h7-10H,3-6,11H2,1-2H3. The predicted octanol–water partition coefficient (Wildman–Crippen LogP) is 0.585. The average Bonchev–Trinajstić information content (AvgIpc) is 2.11. The fourth-order valence-electron chi connectivity index (χ4n) is 2.45. The molecule has 4 atom stereocenters. The lowest BCUT2D eigenvalue weighted by Gasteiger charge is -2.54. The van der Waals surface area contributed by atoms with Crippen molar-refractivity contribution in [2.75, 3.05) is 13.2 Å². The summed E-state index contributed by atoms with van der Waals surface area (Å²) >= 11 is 0. The van der Waals surface area contributed by atoms with Gasteiger partial charge in [0.15, 0.2) is 0 Å². The molecule has 0 spiro atoms. The summed E-state index contributed by atoms with van der Waals surface area (Å²) in [6, 6.07) is 1.57. The van der Waals surface area contributed by atoms with Crippen molar-refractivity contribution in [1.82, 2.24) is 4.90 Å². The molecule has 4 unspecified atom stereocenters. The van der Waals surface area contributed by atoms with Crippen molar-refractivity contribution in [1.29, 1.82) is 0 Å². The summed E-state index contributed by atoms with van der Waals surface area (Å²) in [5.74, 6) is 0. The van der Waals surface area contributed by atoms with E-state index in [0.29, 0.717) is 18.2 Å². The Morgan fingerprint density at radius 2 is 2.31 bits per heavy atom. The smallest absolute Gasteiger partial charge is 0.0760 e. The van der Waals surface area contributed by atoms with E-state index in [1.807, 2.05) is 0 Å². The molecule has 0 aromatic rings. The van der Waals surface area contributed by atoms with Gasteiger partial charge in [0.2, 0.25) is 0 Å². The van der Waals surface area contributed by atoms with E-state index < -0.39 is 0 Å². The first-order chi connectivity index (χ1) is 6.24. The molecule has 0 radical (unpaired) electrons. The SMILES string of the molecule is CCOC1CC(N)C1N1CCC1C. The van der Waals surface area contributed by atoms with Gasteiger partial charge in [0.05, 0.1) is 12.1 Å². The first-order valence-corrected chi connectivity index (χ1v) is 5.37. The minimum absolute atomic E-state index is 0.347. The van der Waals surface area contributed by atoms with Crippen LogP contribution in [0.1, 0.15) is 26.7 Å². The molecule has 2 aliphatic rings. The molecule has 1 saturated carbocycles. The van der Waals surface area contributed by atoms with Gasteiger partial charge in [0, 0.05) is 25.2 Å². The Hall–Kier alpha value is -0.120. The van der Waals surface area contributed by atoms with Gasteiger partial charge >= 0.3 is 0 Å². The molecular weight excluding hydrogens is 164 g/mol. The summed E-state index contributed by atoms with van der Waals surface area (Å²) < 4.78 is 5.64. The van der Waals surface area contributed by atoms with Crippen LogP contribution in [0.2, 0.25) is 0 Å². The molecule has 2 rings (SSSR count). The third kappa shape index (κ3) is 1.49. The quantitative estimate of drug-likeness (QED) is 0.697. The number of rotatable bonds is 3. The second kappa shape index (κ2) is 3.56. The largest absolute Gasteiger partial charge is 0.377 e. The fourth-order valence-corrected chi connectivity index (χ4v) is 2.45. The van der Waals surface area contributed by atoms with Crippen LogP contribution in [0.15, 0.2) is 0 Å². The number of ether oxygens (including phenoxy) is 1. The van der Waals surface area contributed by atoms with Gasteiger partial charge in [-0.2, -0.15) is 0 Å². The molecular formula is C10H20N2O. The van der Waals surface area contributed by atoms with Gasteiger partial charge in [-0.15, -0.1) is 0 Å². The summed E-state index contributed by atoms with van der Waals surface area (Å²) in [6.07, 6.45) is 2.77. The van der Waals surface area contributed by atoms with Gasteiger partial charge < -0.3 is 10.5 Å². The van der Waals surface area contributed by atoms with Gasteiger partial charge in [-0.25, -0.2) is 0 Å². The highest BCUT2D eigenvalue weighted by Gasteiger charge is 2.46. The second-order valence-electron chi connectivity index (χ2n) is 4.26. The maximum Gasteiger partial charge on any atom is 0.0760 e. The zero-order valence-corrected chi connectivity index (χ0v) is 8.57. The first-order valence-electron chi connectivity index (χ1n) is 5.37. The fraction of sp³-hybridized carbons (Fsp3) is 1.00. The van der Waals surface area contributed by atoms with Crippen molar-refractivity contribution in [3.8, 4) is 0 Å². The average molecular weight is 184 g/mol. The van der Waals surface area contributed by atoms with Crippen molar-refractivity contribution in [2.45, 2.75) is 50.9 Å². The number of nitrogens with zero attached hydrogens (tertiary/aromatic N) is 1. The van der Waals surface area contributed by atoms with Crippen LogP contribution in [0.3, 0.4) is 0 Å². The van der Waals surface area contributed by atoms with Gasteiger partial charge in [-0.3, -0.25) is 4.90 Å². The van der Waals surface area contributed by atoms with Crippen molar-refractivity contribution in [3.05, 3.63) is 0 Å². The lowest BCUT2D eigenvalue weighted by molar-refractivity contribution is -0.114. The first kappa shape index (κ1) is 9.44. The lowest BCUT2D eigenvalue weighted by atomic mass is 9.79. The Morgan fingerprint density at radius 3 is 2.69 bits per heavy atom. The van der Waals surface area contributed by atoms with E-state index >= 15 is 0 Å². The Bertz CT molecular complexity index is 184. The molecule has 1 saturated heterocycles. The zero-order chi connectivity index (χ0) is 9.42. The van der Waals surface area contributed by atoms with E-state index in [1.165, 1.54) is 13.0 Å². The van der Waals surface area contributed by atoms with E-state index in [2.05, 4.69) is 18.7 Å². The number of hydrogen-bond donors (Lipinski definition) is 1. The van der Waals surface area contributed by atoms with Crippen molar-refractivity contribution >= 4 is 0 Å².